The zero-order valence-corrected chi connectivity index (χ0v) is 19.9. The van der Waals surface area contributed by atoms with Crippen LogP contribution in [0.2, 0.25) is 0 Å². The summed E-state index contributed by atoms with van der Waals surface area (Å²) in [6.07, 6.45) is 5.37. The molecule has 0 spiro atoms. The molecule has 4 rings (SSSR count). The molecule has 2 aromatic heterocycles. The minimum Gasteiger partial charge on any atom is -0.330 e. The Morgan fingerprint density at radius 3 is 2.65 bits per heavy atom. The van der Waals surface area contributed by atoms with Crippen molar-refractivity contribution in [1.29, 1.82) is 0 Å². The molecule has 0 aliphatic carbocycles. The third-order valence-corrected chi connectivity index (χ3v) is 7.82. The quantitative estimate of drug-likeness (QED) is 0.364. The molecule has 2 N–H and O–H groups in total. The Morgan fingerprint density at radius 1 is 1.12 bits per heavy atom. The summed E-state index contributed by atoms with van der Waals surface area (Å²) in [6.45, 7) is 2.03. The van der Waals surface area contributed by atoms with Crippen molar-refractivity contribution in [3.05, 3.63) is 84.2 Å². The highest BCUT2D eigenvalue weighted by Gasteiger charge is 2.19. The van der Waals surface area contributed by atoms with Gasteiger partial charge in [0.05, 0.1) is 24.4 Å². The number of sulfonamides is 1. The molecule has 0 aliphatic heterocycles. The zero-order chi connectivity index (χ0) is 24.1. The van der Waals surface area contributed by atoms with Crippen LogP contribution in [-0.4, -0.2) is 28.9 Å². The number of carbonyl (C=O) groups excluding carboxylic acids is 1. The van der Waals surface area contributed by atoms with Crippen LogP contribution in [0.5, 0.6) is 0 Å². The maximum Gasteiger partial charge on any atom is 0.252 e. The number of carbonyl (C=O) groups is 1. The number of halogens is 1. The van der Waals surface area contributed by atoms with E-state index in [9.17, 15) is 17.6 Å². The van der Waals surface area contributed by atoms with Gasteiger partial charge in [-0.05, 0) is 29.7 Å². The zero-order valence-electron chi connectivity index (χ0n) is 18.2. The molecule has 0 aliphatic rings. The van der Waals surface area contributed by atoms with Crippen LogP contribution < -0.4 is 10.0 Å². The lowest BCUT2D eigenvalue weighted by molar-refractivity contribution is -0.114. The number of hydrogen-bond donors (Lipinski definition) is 2. The van der Waals surface area contributed by atoms with Crippen molar-refractivity contribution in [3.63, 3.8) is 0 Å². The van der Waals surface area contributed by atoms with Gasteiger partial charge in [-0.2, -0.15) is 0 Å². The van der Waals surface area contributed by atoms with Crippen molar-refractivity contribution >= 4 is 32.4 Å². The van der Waals surface area contributed by atoms with Gasteiger partial charge in [-0.1, -0.05) is 47.7 Å². The molecular formula is C23H22FN5O3S2. The normalized spacial score (nSPS) is 11.5. The van der Waals surface area contributed by atoms with Crippen molar-refractivity contribution in [2.75, 3.05) is 5.32 Å². The van der Waals surface area contributed by atoms with E-state index in [1.165, 1.54) is 25.3 Å². The molecule has 0 atom stereocenters. The van der Waals surface area contributed by atoms with Gasteiger partial charge in [-0.15, -0.1) is 0 Å². The molecule has 4 aromatic rings. The second-order valence-electron chi connectivity index (χ2n) is 7.50. The smallest absolute Gasteiger partial charge is 0.252 e. The van der Waals surface area contributed by atoms with Crippen LogP contribution in [0.15, 0.2) is 71.5 Å². The Balaban J connectivity index is 1.49. The second kappa shape index (κ2) is 10.2. The van der Waals surface area contributed by atoms with Crippen LogP contribution >= 0.6 is 11.3 Å². The molecule has 176 valence electrons. The van der Waals surface area contributed by atoms with Crippen LogP contribution in [0.1, 0.15) is 18.1 Å². The number of rotatable bonds is 9. The Labute approximate surface area is 200 Å². The fraction of sp³-hybridized carbons (Fsp3) is 0.174. The van der Waals surface area contributed by atoms with Crippen LogP contribution in [0.3, 0.4) is 0 Å². The van der Waals surface area contributed by atoms with Crippen LogP contribution in [0.4, 0.5) is 9.52 Å². The number of hydrogen-bond acceptors (Lipinski definition) is 6. The number of thiazole rings is 1. The molecular weight excluding hydrogens is 477 g/mol. The van der Waals surface area contributed by atoms with E-state index in [-0.39, 0.29) is 27.6 Å². The van der Waals surface area contributed by atoms with E-state index in [4.69, 9.17) is 0 Å². The van der Waals surface area contributed by atoms with E-state index < -0.39 is 10.0 Å². The Hall–Kier alpha value is -3.41. The molecule has 0 unspecified atom stereocenters. The van der Waals surface area contributed by atoms with Crippen molar-refractivity contribution in [1.82, 2.24) is 19.3 Å². The first-order chi connectivity index (χ1) is 16.3. The number of imidazole rings is 1. The van der Waals surface area contributed by atoms with E-state index in [2.05, 4.69) is 20.0 Å². The highest BCUT2D eigenvalue weighted by Crippen LogP contribution is 2.26. The van der Waals surface area contributed by atoms with Gasteiger partial charge in [-0.3, -0.25) is 4.79 Å². The van der Waals surface area contributed by atoms with Crippen molar-refractivity contribution < 1.29 is 17.6 Å². The third-order valence-electron chi connectivity index (χ3n) is 5.05. The molecule has 34 heavy (non-hydrogen) atoms. The highest BCUT2D eigenvalue weighted by molar-refractivity contribution is 7.91. The van der Waals surface area contributed by atoms with Gasteiger partial charge in [0.25, 0.3) is 10.0 Å². The van der Waals surface area contributed by atoms with Gasteiger partial charge < -0.3 is 9.88 Å². The summed E-state index contributed by atoms with van der Waals surface area (Å²) in [5.74, 6) is -0.593. The number of nitrogens with zero attached hydrogens (tertiary/aromatic N) is 3. The molecule has 1 amide bonds. The summed E-state index contributed by atoms with van der Waals surface area (Å²) >= 11 is 0.882. The number of amides is 1. The first-order valence-corrected chi connectivity index (χ1v) is 12.7. The molecule has 0 radical (unpaired) electrons. The fourth-order valence-electron chi connectivity index (χ4n) is 3.38. The van der Waals surface area contributed by atoms with Crippen molar-refractivity contribution in [2.45, 2.75) is 30.6 Å². The topological polar surface area (TPSA) is 106 Å². The first-order valence-electron chi connectivity index (χ1n) is 10.4. The minimum atomic E-state index is -3.82. The number of nitrogens with one attached hydrogen (secondary N) is 2. The average Bonchev–Trinajstić information content (AvgIpc) is 3.47. The average molecular weight is 500 g/mol. The molecule has 0 fully saturated rings. The molecule has 8 nitrogen and oxygen atoms in total. The highest BCUT2D eigenvalue weighted by atomic mass is 32.2. The number of aryl methyl sites for hydroxylation is 2. The Kier molecular flexibility index (Phi) is 7.15. The van der Waals surface area contributed by atoms with E-state index in [1.54, 1.807) is 24.7 Å². The molecule has 11 heteroatoms. The predicted molar refractivity (Wildman–Crippen MR) is 128 cm³/mol. The molecule has 0 bridgehead atoms. The number of aromatic nitrogens is 3. The molecule has 0 saturated heterocycles. The predicted octanol–water partition coefficient (Wildman–Crippen LogP) is 3.83. The van der Waals surface area contributed by atoms with Crippen LogP contribution in [0, 0.1) is 5.82 Å². The summed E-state index contributed by atoms with van der Waals surface area (Å²) in [4.78, 5) is 19.4. The lowest BCUT2D eigenvalue weighted by Crippen LogP contribution is -2.22. The standard InChI is InChI=1S/C23H22FN5O3S2/c1-16(30)28-23-26-14-22(33-23)34(31,32)27-12-18-4-2-3-5-20(18)21-13-25-15-29(21)11-10-17-6-8-19(24)9-7-17/h2-9,13-15,27H,10-12H2,1H3,(H,26,28,30). The van der Waals surface area contributed by atoms with E-state index in [0.717, 1.165) is 33.7 Å². The van der Waals surface area contributed by atoms with Gasteiger partial charge in [0.2, 0.25) is 5.91 Å². The van der Waals surface area contributed by atoms with Crippen molar-refractivity contribution in [2.24, 2.45) is 0 Å². The summed E-state index contributed by atoms with van der Waals surface area (Å²) in [5, 5.41) is 2.70. The third kappa shape index (κ3) is 5.74. The SMILES string of the molecule is CC(=O)Nc1ncc(S(=O)(=O)NCc2ccccc2-c2cncn2CCc2ccc(F)cc2)s1. The maximum atomic E-state index is 13.2. The summed E-state index contributed by atoms with van der Waals surface area (Å²) < 4.78 is 43.3. The fourth-order valence-corrected chi connectivity index (χ4v) is 5.51. The maximum absolute atomic E-state index is 13.2. The Bertz CT molecular complexity index is 1400. The minimum absolute atomic E-state index is 0.0121. The number of anilines is 1. The van der Waals surface area contributed by atoms with Gasteiger partial charge in [0.1, 0.15) is 5.82 Å². The van der Waals surface area contributed by atoms with Crippen LogP contribution in [-0.2, 0) is 34.3 Å². The summed E-state index contributed by atoms with van der Waals surface area (Å²) in [7, 11) is -3.82. The molecule has 2 aromatic carbocycles. The van der Waals surface area contributed by atoms with E-state index in [0.29, 0.717) is 13.0 Å². The monoisotopic (exact) mass is 499 g/mol. The van der Waals surface area contributed by atoms with Crippen molar-refractivity contribution in [3.8, 4) is 11.3 Å². The van der Waals surface area contributed by atoms with Gasteiger partial charge in [0.15, 0.2) is 9.34 Å². The second-order valence-corrected chi connectivity index (χ2v) is 10.5. The summed E-state index contributed by atoms with van der Waals surface area (Å²) in [5.41, 5.74) is 3.49. The van der Waals surface area contributed by atoms with Gasteiger partial charge in [-0.25, -0.2) is 27.5 Å². The van der Waals surface area contributed by atoms with Gasteiger partial charge >= 0.3 is 0 Å². The lowest BCUT2D eigenvalue weighted by Gasteiger charge is -2.13. The number of benzene rings is 2. The van der Waals surface area contributed by atoms with Crippen LogP contribution in [0.25, 0.3) is 11.3 Å². The Morgan fingerprint density at radius 2 is 1.88 bits per heavy atom. The summed E-state index contributed by atoms with van der Waals surface area (Å²) in [6, 6.07) is 13.9. The largest absolute Gasteiger partial charge is 0.330 e. The first kappa shape index (κ1) is 23.7. The van der Waals surface area contributed by atoms with E-state index >= 15 is 0 Å². The van der Waals surface area contributed by atoms with Gasteiger partial charge in [0, 0.05) is 25.6 Å². The molecule has 2 heterocycles. The molecule has 0 saturated carbocycles. The lowest BCUT2D eigenvalue weighted by atomic mass is 10.0. The van der Waals surface area contributed by atoms with E-state index in [1.807, 2.05) is 28.8 Å².